The van der Waals surface area contributed by atoms with Crippen molar-refractivity contribution in [2.45, 2.75) is 39.2 Å². The molecule has 2 heterocycles. The van der Waals surface area contributed by atoms with Gasteiger partial charge in [0.05, 0.1) is 0 Å². The van der Waals surface area contributed by atoms with Crippen molar-refractivity contribution in [1.29, 1.82) is 0 Å². The van der Waals surface area contributed by atoms with E-state index in [4.69, 9.17) is 0 Å². The van der Waals surface area contributed by atoms with Gasteiger partial charge in [-0.25, -0.2) is 0 Å². The summed E-state index contributed by atoms with van der Waals surface area (Å²) in [6.07, 6.45) is 1.99. The van der Waals surface area contributed by atoms with Gasteiger partial charge in [0.2, 0.25) is 5.91 Å². The molecule has 4 rings (SSSR count). The summed E-state index contributed by atoms with van der Waals surface area (Å²) in [5, 5.41) is 14.4. The molecule has 0 radical (unpaired) electrons. The Balaban J connectivity index is 1.46. The first-order chi connectivity index (χ1) is 14.5. The zero-order chi connectivity index (χ0) is 21.1. The highest BCUT2D eigenvalue weighted by Crippen LogP contribution is 2.24. The molecule has 6 heteroatoms. The van der Waals surface area contributed by atoms with Crippen molar-refractivity contribution in [1.82, 2.24) is 5.32 Å². The van der Waals surface area contributed by atoms with Gasteiger partial charge in [-0.1, -0.05) is 62.4 Å². The molecule has 6 nitrogen and oxygen atoms in total. The number of fused-ring (bicyclic) bond motifs is 1. The van der Waals surface area contributed by atoms with Crippen LogP contribution in [0.15, 0.2) is 64.8 Å². The lowest BCUT2D eigenvalue weighted by Gasteiger charge is -2.26. The van der Waals surface area contributed by atoms with Gasteiger partial charge in [-0.05, 0) is 30.0 Å². The van der Waals surface area contributed by atoms with Crippen molar-refractivity contribution in [2.75, 3.05) is 5.32 Å². The van der Waals surface area contributed by atoms with E-state index in [2.05, 4.69) is 39.9 Å². The van der Waals surface area contributed by atoms with E-state index in [1.54, 1.807) is 0 Å². The summed E-state index contributed by atoms with van der Waals surface area (Å²) in [5.74, 6) is -0.496. The summed E-state index contributed by atoms with van der Waals surface area (Å²) < 4.78 is 0. The van der Waals surface area contributed by atoms with E-state index >= 15 is 0 Å². The van der Waals surface area contributed by atoms with Gasteiger partial charge in [-0.15, -0.1) is 5.10 Å². The Morgan fingerprint density at radius 3 is 2.57 bits per heavy atom. The summed E-state index contributed by atoms with van der Waals surface area (Å²) in [4.78, 5) is 25.5. The zero-order valence-corrected chi connectivity index (χ0v) is 17.3. The van der Waals surface area contributed by atoms with Crippen molar-refractivity contribution in [3.05, 3.63) is 65.7 Å². The maximum absolute atomic E-state index is 12.9. The largest absolute Gasteiger partial charge is 0.339 e. The molecule has 2 aliphatic heterocycles. The molecule has 0 aliphatic carbocycles. The Morgan fingerprint density at radius 2 is 1.77 bits per heavy atom. The van der Waals surface area contributed by atoms with E-state index in [9.17, 15) is 9.59 Å². The summed E-state index contributed by atoms with van der Waals surface area (Å²) in [6, 6.07) is 17.3. The van der Waals surface area contributed by atoms with Gasteiger partial charge in [-0.3, -0.25) is 9.59 Å². The predicted octanol–water partition coefficient (Wildman–Crippen LogP) is 3.38. The molecule has 0 saturated heterocycles. The Morgan fingerprint density at radius 1 is 1.03 bits per heavy atom. The Bertz CT molecular complexity index is 1010. The molecule has 2 aliphatic rings. The van der Waals surface area contributed by atoms with Crippen LogP contribution in [0.1, 0.15) is 31.4 Å². The summed E-state index contributed by atoms with van der Waals surface area (Å²) in [7, 11) is 0. The van der Waals surface area contributed by atoms with E-state index in [-0.39, 0.29) is 23.7 Å². The second-order valence-electron chi connectivity index (χ2n) is 8.03. The maximum atomic E-state index is 12.9. The van der Waals surface area contributed by atoms with Gasteiger partial charge in [0.25, 0.3) is 5.91 Å². The van der Waals surface area contributed by atoms with Gasteiger partial charge in [-0.2, -0.15) is 5.10 Å². The van der Waals surface area contributed by atoms with Crippen molar-refractivity contribution in [2.24, 2.45) is 22.0 Å². The van der Waals surface area contributed by atoms with Gasteiger partial charge in [0.15, 0.2) is 0 Å². The minimum atomic E-state index is -0.593. The van der Waals surface area contributed by atoms with Crippen LogP contribution in [0.2, 0.25) is 0 Å². The van der Waals surface area contributed by atoms with E-state index in [0.29, 0.717) is 18.6 Å². The van der Waals surface area contributed by atoms with Crippen LogP contribution < -0.4 is 10.6 Å². The minimum Gasteiger partial charge on any atom is -0.339 e. The smallest absolute Gasteiger partial charge is 0.268 e. The van der Waals surface area contributed by atoms with Crippen LogP contribution in [0.25, 0.3) is 0 Å². The van der Waals surface area contributed by atoms with Gasteiger partial charge < -0.3 is 10.6 Å². The van der Waals surface area contributed by atoms with Crippen LogP contribution in [0.3, 0.4) is 0 Å². The van der Waals surface area contributed by atoms with Crippen molar-refractivity contribution in [3.8, 4) is 0 Å². The fourth-order valence-electron chi connectivity index (χ4n) is 3.96. The highest BCUT2D eigenvalue weighted by molar-refractivity contribution is 6.40. The number of benzene rings is 2. The van der Waals surface area contributed by atoms with Crippen LogP contribution in [0.5, 0.6) is 0 Å². The molecular formula is C24H26N4O2. The number of hydrogen-bond acceptors (Lipinski definition) is 4. The lowest BCUT2D eigenvalue weighted by atomic mass is 9.84. The van der Waals surface area contributed by atoms with E-state index in [0.717, 1.165) is 23.4 Å². The number of nitrogens with zero attached hydrogens (tertiary/aromatic N) is 2. The number of amides is 2. The third-order valence-corrected chi connectivity index (χ3v) is 6.05. The number of aryl methyl sites for hydroxylation is 1. The number of carbonyl (C=O) groups is 2. The number of hydrogen-bond donors (Lipinski definition) is 2. The topological polar surface area (TPSA) is 82.9 Å². The molecule has 2 aromatic rings. The summed E-state index contributed by atoms with van der Waals surface area (Å²) in [5.41, 5.74) is 4.41. The van der Waals surface area contributed by atoms with E-state index in [1.165, 1.54) is 5.56 Å². The number of anilines is 1. The van der Waals surface area contributed by atoms with E-state index < -0.39 is 6.04 Å². The highest BCUT2D eigenvalue weighted by atomic mass is 16.2. The van der Waals surface area contributed by atoms with Crippen molar-refractivity contribution >= 4 is 28.9 Å². The SMILES string of the molecule is CC1C(Cc2ccccc2)=NN=C(C(=O)NC2CCc3ccccc3NC2=O)C1C. The van der Waals surface area contributed by atoms with Crippen LogP contribution in [0.4, 0.5) is 5.69 Å². The molecule has 30 heavy (non-hydrogen) atoms. The first kappa shape index (κ1) is 20.0. The zero-order valence-electron chi connectivity index (χ0n) is 17.3. The second kappa shape index (κ2) is 8.61. The third-order valence-electron chi connectivity index (χ3n) is 6.05. The molecule has 3 unspecified atom stereocenters. The molecule has 0 bridgehead atoms. The predicted molar refractivity (Wildman–Crippen MR) is 119 cm³/mol. The Kier molecular flexibility index (Phi) is 5.74. The van der Waals surface area contributed by atoms with E-state index in [1.807, 2.05) is 49.4 Å². The van der Waals surface area contributed by atoms with Crippen molar-refractivity contribution < 1.29 is 9.59 Å². The molecule has 0 saturated carbocycles. The molecule has 2 amide bonds. The Labute approximate surface area is 176 Å². The normalized spacial score (nSPS) is 23.4. The lowest BCUT2D eigenvalue weighted by Crippen LogP contribution is -2.48. The summed E-state index contributed by atoms with van der Waals surface area (Å²) in [6.45, 7) is 4.06. The first-order valence-electron chi connectivity index (χ1n) is 10.4. The van der Waals surface area contributed by atoms with Gasteiger partial charge in [0, 0.05) is 29.7 Å². The molecule has 0 fully saturated rings. The second-order valence-corrected chi connectivity index (χ2v) is 8.03. The molecule has 0 spiro atoms. The maximum Gasteiger partial charge on any atom is 0.268 e. The number of rotatable bonds is 4. The highest BCUT2D eigenvalue weighted by Gasteiger charge is 2.33. The number of nitrogens with one attached hydrogen (secondary N) is 2. The fraction of sp³-hybridized carbons (Fsp3) is 0.333. The average molecular weight is 402 g/mol. The van der Waals surface area contributed by atoms with Crippen LogP contribution >= 0.6 is 0 Å². The molecule has 3 atom stereocenters. The van der Waals surface area contributed by atoms with Gasteiger partial charge >= 0.3 is 0 Å². The quantitative estimate of drug-likeness (QED) is 0.822. The summed E-state index contributed by atoms with van der Waals surface area (Å²) >= 11 is 0. The number of carbonyl (C=O) groups excluding carboxylic acids is 2. The first-order valence-corrected chi connectivity index (χ1v) is 10.4. The molecule has 0 aromatic heterocycles. The molecular weight excluding hydrogens is 376 g/mol. The lowest BCUT2D eigenvalue weighted by molar-refractivity contribution is -0.123. The van der Waals surface area contributed by atoms with Crippen molar-refractivity contribution in [3.63, 3.8) is 0 Å². The minimum absolute atomic E-state index is 0.0766. The monoisotopic (exact) mass is 402 g/mol. The van der Waals surface area contributed by atoms with Crippen LogP contribution in [-0.2, 0) is 22.4 Å². The molecule has 2 aromatic carbocycles. The fourth-order valence-corrected chi connectivity index (χ4v) is 3.96. The van der Waals surface area contributed by atoms with Crippen LogP contribution in [0, 0.1) is 11.8 Å². The van der Waals surface area contributed by atoms with Gasteiger partial charge in [0.1, 0.15) is 11.8 Å². The third kappa shape index (κ3) is 4.17. The van der Waals surface area contributed by atoms with Crippen LogP contribution in [-0.4, -0.2) is 29.3 Å². The number of para-hydroxylation sites is 1. The molecule has 2 N–H and O–H groups in total. The standard InChI is InChI=1S/C24H26N4O2/c1-15-16(2)22(28-27-21(15)14-17-8-4-3-5-9-17)24(30)26-20-13-12-18-10-6-7-11-19(18)25-23(20)29/h3-11,15-16,20H,12-14H2,1-2H3,(H,25,29)(H,26,30). The average Bonchev–Trinajstić information content (AvgIpc) is 2.91. The Hall–Kier alpha value is -3.28. The molecule has 154 valence electrons.